The van der Waals surface area contributed by atoms with Gasteiger partial charge in [-0.05, 0) is 6.07 Å². The molecule has 3 aromatic rings. The lowest BCUT2D eigenvalue weighted by molar-refractivity contribution is -0.146. The number of imidazole rings is 1. The van der Waals surface area contributed by atoms with Crippen LogP contribution in [0.15, 0.2) is 36.0 Å². The van der Waals surface area contributed by atoms with Crippen LogP contribution in [0.5, 0.6) is 0 Å². The Bertz CT molecular complexity index is 867. The number of rotatable bonds is 6. The molecule has 0 aromatic carbocycles. The van der Waals surface area contributed by atoms with Crippen LogP contribution in [0.3, 0.4) is 0 Å². The number of aliphatic imine (C=N–C) groups is 1. The van der Waals surface area contributed by atoms with Gasteiger partial charge in [-0.25, -0.2) is 15.0 Å². The van der Waals surface area contributed by atoms with Crippen LogP contribution >= 0.6 is 0 Å². The number of hydrogen-bond acceptors (Lipinski definition) is 5. The fourth-order valence-corrected chi connectivity index (χ4v) is 2.39. The molecule has 0 radical (unpaired) electrons. The minimum Gasteiger partial charge on any atom is -0.349 e. The smallest absolute Gasteiger partial charge is 0.349 e. The van der Waals surface area contributed by atoms with E-state index in [4.69, 9.17) is 5.41 Å². The van der Waals surface area contributed by atoms with Crippen molar-refractivity contribution in [2.45, 2.75) is 24.6 Å². The van der Waals surface area contributed by atoms with E-state index in [9.17, 15) is 13.2 Å². The van der Waals surface area contributed by atoms with Gasteiger partial charge >= 0.3 is 6.18 Å². The Morgan fingerprint density at radius 1 is 1.20 bits per heavy atom. The van der Waals surface area contributed by atoms with Crippen LogP contribution in [0.1, 0.15) is 17.4 Å². The SMILES string of the molecule is N=CC(C=NC(Cc1ncc[nH]1)C(F)(F)F)c1ncnc2[nH]ccc12. The molecule has 0 saturated heterocycles. The van der Waals surface area contributed by atoms with Crippen LogP contribution in [-0.2, 0) is 6.42 Å². The van der Waals surface area contributed by atoms with E-state index in [0.29, 0.717) is 16.7 Å². The van der Waals surface area contributed by atoms with E-state index in [1.807, 2.05) is 0 Å². The summed E-state index contributed by atoms with van der Waals surface area (Å²) in [6.07, 6.45) is 2.96. The Hall–Kier alpha value is -3.04. The molecule has 0 aliphatic carbocycles. The highest BCUT2D eigenvalue weighted by molar-refractivity contribution is 5.94. The van der Waals surface area contributed by atoms with Crippen LogP contribution in [0.2, 0.25) is 0 Å². The van der Waals surface area contributed by atoms with E-state index in [1.165, 1.54) is 18.7 Å². The molecule has 3 heterocycles. The summed E-state index contributed by atoms with van der Waals surface area (Å²) in [6, 6.07) is -0.247. The molecule has 0 saturated carbocycles. The molecular weight excluding hydrogens is 335 g/mol. The first-order valence-electron chi connectivity index (χ1n) is 7.36. The lowest BCUT2D eigenvalue weighted by atomic mass is 10.1. The van der Waals surface area contributed by atoms with E-state index < -0.39 is 24.6 Å². The van der Waals surface area contributed by atoms with Crippen LogP contribution in [0.25, 0.3) is 11.0 Å². The average Bonchev–Trinajstić information content (AvgIpc) is 3.24. The van der Waals surface area contributed by atoms with Gasteiger partial charge in [0.05, 0.1) is 11.6 Å². The van der Waals surface area contributed by atoms with Gasteiger partial charge in [0.1, 0.15) is 17.8 Å². The van der Waals surface area contributed by atoms with Gasteiger partial charge in [-0.2, -0.15) is 13.2 Å². The van der Waals surface area contributed by atoms with Crippen molar-refractivity contribution in [2.24, 2.45) is 4.99 Å². The van der Waals surface area contributed by atoms with Gasteiger partial charge in [0, 0.05) is 42.8 Å². The second kappa shape index (κ2) is 6.83. The monoisotopic (exact) mass is 349 g/mol. The maximum Gasteiger partial charge on any atom is 0.411 e. The summed E-state index contributed by atoms with van der Waals surface area (Å²) in [7, 11) is 0. The maximum atomic E-state index is 13.2. The summed E-state index contributed by atoms with van der Waals surface area (Å²) >= 11 is 0. The highest BCUT2D eigenvalue weighted by Crippen LogP contribution is 2.26. The lowest BCUT2D eigenvalue weighted by Gasteiger charge is -2.16. The first-order valence-corrected chi connectivity index (χ1v) is 7.36. The standard InChI is InChI=1S/C15H14F3N7/c16-15(17,18)11(5-12-20-3-4-21-12)23-7-9(6-19)13-10-1-2-22-14(10)25-8-24-13/h1-4,6-9,11,19H,5H2,(H,20,21)(H,22,24,25). The number of aromatic amines is 2. The van der Waals surface area contributed by atoms with Crippen molar-refractivity contribution in [3.05, 3.63) is 42.5 Å². The Morgan fingerprint density at radius 3 is 2.72 bits per heavy atom. The van der Waals surface area contributed by atoms with Crippen LogP contribution in [-0.4, -0.2) is 49.6 Å². The molecule has 0 amide bonds. The van der Waals surface area contributed by atoms with Crippen LogP contribution < -0.4 is 0 Å². The van der Waals surface area contributed by atoms with Gasteiger partial charge in [-0.15, -0.1) is 0 Å². The van der Waals surface area contributed by atoms with E-state index in [0.717, 1.165) is 12.4 Å². The van der Waals surface area contributed by atoms with Crippen molar-refractivity contribution in [2.75, 3.05) is 0 Å². The summed E-state index contributed by atoms with van der Waals surface area (Å²) in [6.45, 7) is 0. The summed E-state index contributed by atoms with van der Waals surface area (Å²) in [5.74, 6) is -0.594. The van der Waals surface area contributed by atoms with E-state index >= 15 is 0 Å². The molecule has 10 heteroatoms. The summed E-state index contributed by atoms with van der Waals surface area (Å²) in [4.78, 5) is 21.1. The van der Waals surface area contributed by atoms with Gasteiger partial charge in [-0.1, -0.05) is 0 Å². The second-order valence-corrected chi connectivity index (χ2v) is 5.29. The highest BCUT2D eigenvalue weighted by Gasteiger charge is 2.39. The third kappa shape index (κ3) is 3.73. The molecule has 2 atom stereocenters. The maximum absolute atomic E-state index is 13.2. The van der Waals surface area contributed by atoms with Gasteiger partial charge in [0.2, 0.25) is 0 Å². The molecule has 0 fully saturated rings. The van der Waals surface area contributed by atoms with Crippen molar-refractivity contribution in [1.82, 2.24) is 24.9 Å². The zero-order valence-corrected chi connectivity index (χ0v) is 12.8. The third-order valence-corrected chi connectivity index (χ3v) is 3.63. The first kappa shape index (κ1) is 16.8. The molecule has 25 heavy (non-hydrogen) atoms. The van der Waals surface area contributed by atoms with Gasteiger partial charge in [0.25, 0.3) is 0 Å². The van der Waals surface area contributed by atoms with Crippen molar-refractivity contribution < 1.29 is 13.2 Å². The van der Waals surface area contributed by atoms with Gasteiger partial charge in [-0.3, -0.25) is 4.99 Å². The number of nitrogens with one attached hydrogen (secondary N) is 3. The first-order chi connectivity index (χ1) is 12.0. The molecule has 2 unspecified atom stereocenters. The van der Waals surface area contributed by atoms with Crippen LogP contribution in [0, 0.1) is 5.41 Å². The van der Waals surface area contributed by atoms with Crippen molar-refractivity contribution in [3.8, 4) is 0 Å². The topological polar surface area (TPSA) is 106 Å². The largest absolute Gasteiger partial charge is 0.411 e. The van der Waals surface area contributed by atoms with Gasteiger partial charge in [0.15, 0.2) is 6.04 Å². The van der Waals surface area contributed by atoms with Crippen molar-refractivity contribution in [1.29, 1.82) is 5.41 Å². The Balaban J connectivity index is 1.88. The molecule has 0 aliphatic rings. The predicted octanol–water partition coefficient (Wildman–Crippen LogP) is 2.66. The van der Waals surface area contributed by atoms with E-state index in [-0.39, 0.29) is 5.82 Å². The Morgan fingerprint density at radius 2 is 2.04 bits per heavy atom. The molecule has 0 spiro atoms. The lowest BCUT2D eigenvalue weighted by Crippen LogP contribution is -2.30. The quantitative estimate of drug-likeness (QED) is 0.596. The Labute approximate surface area is 140 Å². The number of alkyl halides is 3. The fraction of sp³-hybridized carbons (Fsp3) is 0.267. The van der Waals surface area contributed by atoms with Crippen LogP contribution in [0.4, 0.5) is 13.2 Å². The number of aromatic nitrogens is 5. The predicted molar refractivity (Wildman–Crippen MR) is 86.0 cm³/mol. The number of nitrogens with zero attached hydrogens (tertiary/aromatic N) is 4. The van der Waals surface area contributed by atoms with E-state index in [1.54, 1.807) is 12.3 Å². The number of halogens is 3. The molecule has 0 bridgehead atoms. The minimum atomic E-state index is -4.52. The Kier molecular flexibility index (Phi) is 4.59. The molecule has 3 N–H and O–H groups in total. The molecule has 3 rings (SSSR count). The van der Waals surface area contributed by atoms with Gasteiger partial charge < -0.3 is 15.4 Å². The number of H-pyrrole nitrogens is 2. The van der Waals surface area contributed by atoms with E-state index in [2.05, 4.69) is 29.9 Å². The zero-order chi connectivity index (χ0) is 17.9. The highest BCUT2D eigenvalue weighted by atomic mass is 19.4. The molecule has 130 valence electrons. The number of hydrogen-bond donors (Lipinski definition) is 3. The van der Waals surface area contributed by atoms with Crippen molar-refractivity contribution in [3.63, 3.8) is 0 Å². The average molecular weight is 349 g/mol. The zero-order valence-electron chi connectivity index (χ0n) is 12.8. The van der Waals surface area contributed by atoms with Crippen molar-refractivity contribution >= 4 is 23.5 Å². The molecule has 0 aliphatic heterocycles. The summed E-state index contributed by atoms with van der Waals surface area (Å²) in [5.41, 5.74) is 0.970. The number of fused-ring (bicyclic) bond motifs is 1. The summed E-state index contributed by atoms with van der Waals surface area (Å²) in [5, 5.41) is 8.17. The molecule has 3 aromatic heterocycles. The third-order valence-electron chi connectivity index (χ3n) is 3.63. The fourth-order valence-electron chi connectivity index (χ4n) is 2.39. The summed E-state index contributed by atoms with van der Waals surface area (Å²) < 4.78 is 39.7. The second-order valence-electron chi connectivity index (χ2n) is 5.29. The normalized spacial score (nSPS) is 14.8. The molecule has 7 nitrogen and oxygen atoms in total. The molecular formula is C15H14F3N7. The minimum absolute atomic E-state index is 0.195.